The molecule has 0 amide bonds. The van der Waals surface area contributed by atoms with Crippen molar-refractivity contribution in [2.75, 3.05) is 7.11 Å². The standard InChI is InChI=1S/C14H19ClO3/c1-5-9-6-10(7-11(15)13(9)18-4)14(2,3)8-12(16)17/h6-7H,5,8H2,1-4H3,(H,16,17). The number of hydrogen-bond acceptors (Lipinski definition) is 2. The first kappa shape index (κ1) is 14.8. The van der Waals surface area contributed by atoms with Gasteiger partial charge in [-0.25, -0.2) is 0 Å². The molecule has 0 unspecified atom stereocenters. The first-order valence-corrected chi connectivity index (χ1v) is 6.28. The first-order chi connectivity index (χ1) is 8.31. The Morgan fingerprint density at radius 3 is 2.50 bits per heavy atom. The Balaban J connectivity index is 3.26. The quantitative estimate of drug-likeness (QED) is 0.888. The number of rotatable bonds is 5. The molecule has 1 aromatic carbocycles. The van der Waals surface area contributed by atoms with Gasteiger partial charge in [0.15, 0.2) is 0 Å². The fourth-order valence-electron chi connectivity index (χ4n) is 2.01. The van der Waals surface area contributed by atoms with Gasteiger partial charge in [-0.1, -0.05) is 38.4 Å². The molecule has 0 heterocycles. The van der Waals surface area contributed by atoms with Crippen molar-refractivity contribution in [1.82, 2.24) is 0 Å². The highest BCUT2D eigenvalue weighted by Crippen LogP contribution is 2.36. The zero-order chi connectivity index (χ0) is 13.9. The Bertz CT molecular complexity index is 453. The maximum absolute atomic E-state index is 10.9. The van der Waals surface area contributed by atoms with Crippen LogP contribution in [0.25, 0.3) is 0 Å². The van der Waals surface area contributed by atoms with E-state index in [-0.39, 0.29) is 6.42 Å². The number of carboxylic acid groups (broad SMARTS) is 1. The van der Waals surface area contributed by atoms with Crippen LogP contribution < -0.4 is 4.74 Å². The summed E-state index contributed by atoms with van der Waals surface area (Å²) in [4.78, 5) is 10.9. The van der Waals surface area contributed by atoms with E-state index in [1.54, 1.807) is 13.2 Å². The van der Waals surface area contributed by atoms with Gasteiger partial charge in [0.2, 0.25) is 0 Å². The van der Waals surface area contributed by atoms with Crippen molar-refractivity contribution in [1.29, 1.82) is 0 Å². The molecule has 18 heavy (non-hydrogen) atoms. The number of methoxy groups -OCH3 is 1. The van der Waals surface area contributed by atoms with Gasteiger partial charge in [0.05, 0.1) is 18.6 Å². The molecule has 0 aliphatic rings. The number of carboxylic acids is 1. The van der Waals surface area contributed by atoms with E-state index in [9.17, 15) is 4.79 Å². The number of ether oxygens (including phenoxy) is 1. The molecule has 0 saturated carbocycles. The average Bonchev–Trinajstić information content (AvgIpc) is 2.26. The predicted molar refractivity (Wildman–Crippen MR) is 72.7 cm³/mol. The van der Waals surface area contributed by atoms with Crippen LogP contribution in [-0.2, 0) is 16.6 Å². The highest BCUT2D eigenvalue weighted by atomic mass is 35.5. The minimum atomic E-state index is -0.815. The van der Waals surface area contributed by atoms with Gasteiger partial charge in [-0.05, 0) is 23.6 Å². The summed E-state index contributed by atoms with van der Waals surface area (Å²) in [6.45, 7) is 5.82. The summed E-state index contributed by atoms with van der Waals surface area (Å²) in [5, 5.41) is 9.48. The van der Waals surface area contributed by atoms with Crippen molar-refractivity contribution >= 4 is 17.6 Å². The molecule has 0 aliphatic heterocycles. The number of aliphatic carboxylic acids is 1. The Morgan fingerprint density at radius 1 is 1.44 bits per heavy atom. The second kappa shape index (κ2) is 5.61. The molecular weight excluding hydrogens is 252 g/mol. The SMILES string of the molecule is CCc1cc(C(C)(C)CC(=O)O)cc(Cl)c1OC. The van der Waals surface area contributed by atoms with E-state index in [0.717, 1.165) is 17.5 Å². The van der Waals surface area contributed by atoms with Crippen LogP contribution in [0, 0.1) is 0 Å². The van der Waals surface area contributed by atoms with Crippen LogP contribution in [0.4, 0.5) is 0 Å². The highest BCUT2D eigenvalue weighted by Gasteiger charge is 2.26. The van der Waals surface area contributed by atoms with Crippen molar-refractivity contribution in [3.05, 3.63) is 28.3 Å². The minimum Gasteiger partial charge on any atom is -0.495 e. The third-order valence-electron chi connectivity index (χ3n) is 3.08. The Morgan fingerprint density at radius 2 is 2.06 bits per heavy atom. The van der Waals surface area contributed by atoms with Crippen molar-refractivity contribution in [2.24, 2.45) is 0 Å². The van der Waals surface area contributed by atoms with E-state index in [0.29, 0.717) is 10.8 Å². The van der Waals surface area contributed by atoms with E-state index in [4.69, 9.17) is 21.4 Å². The van der Waals surface area contributed by atoms with Crippen molar-refractivity contribution in [3.8, 4) is 5.75 Å². The lowest BCUT2D eigenvalue weighted by molar-refractivity contribution is -0.138. The topological polar surface area (TPSA) is 46.5 Å². The number of benzene rings is 1. The van der Waals surface area contributed by atoms with Crippen LogP contribution >= 0.6 is 11.6 Å². The molecule has 0 bridgehead atoms. The molecule has 1 rings (SSSR count). The van der Waals surface area contributed by atoms with Gasteiger partial charge in [0, 0.05) is 5.41 Å². The monoisotopic (exact) mass is 270 g/mol. The summed E-state index contributed by atoms with van der Waals surface area (Å²) in [5.41, 5.74) is 1.47. The van der Waals surface area contributed by atoms with E-state index in [2.05, 4.69) is 0 Å². The van der Waals surface area contributed by atoms with Crippen LogP contribution in [0.5, 0.6) is 5.75 Å². The van der Waals surface area contributed by atoms with Gasteiger partial charge in [0.1, 0.15) is 5.75 Å². The van der Waals surface area contributed by atoms with Crippen LogP contribution in [0.15, 0.2) is 12.1 Å². The zero-order valence-electron chi connectivity index (χ0n) is 11.2. The lowest BCUT2D eigenvalue weighted by atomic mass is 9.80. The lowest BCUT2D eigenvalue weighted by Gasteiger charge is -2.25. The normalized spacial score (nSPS) is 11.4. The molecule has 100 valence electrons. The zero-order valence-corrected chi connectivity index (χ0v) is 12.0. The van der Waals surface area contributed by atoms with Gasteiger partial charge in [-0.2, -0.15) is 0 Å². The first-order valence-electron chi connectivity index (χ1n) is 5.90. The number of halogens is 1. The fraction of sp³-hybridized carbons (Fsp3) is 0.500. The molecule has 0 aliphatic carbocycles. The molecule has 4 heteroatoms. The molecular formula is C14H19ClO3. The van der Waals surface area contributed by atoms with Crippen molar-refractivity contribution < 1.29 is 14.6 Å². The van der Waals surface area contributed by atoms with Gasteiger partial charge >= 0.3 is 5.97 Å². The maximum atomic E-state index is 10.9. The van der Waals surface area contributed by atoms with Gasteiger partial charge in [-0.3, -0.25) is 4.79 Å². The summed E-state index contributed by atoms with van der Waals surface area (Å²) in [5.74, 6) is -0.140. The van der Waals surface area contributed by atoms with Crippen molar-refractivity contribution in [3.63, 3.8) is 0 Å². The summed E-state index contributed by atoms with van der Waals surface area (Å²) >= 11 is 6.18. The van der Waals surface area contributed by atoms with Crippen LogP contribution in [0.1, 0.15) is 38.3 Å². The van der Waals surface area contributed by atoms with Crippen LogP contribution in [0.2, 0.25) is 5.02 Å². The highest BCUT2D eigenvalue weighted by molar-refractivity contribution is 6.32. The summed E-state index contributed by atoms with van der Waals surface area (Å²) in [6, 6.07) is 3.77. The molecule has 1 N–H and O–H groups in total. The van der Waals surface area contributed by atoms with Crippen LogP contribution in [-0.4, -0.2) is 18.2 Å². The van der Waals surface area contributed by atoms with E-state index in [1.165, 1.54) is 0 Å². The Kier molecular flexibility index (Phi) is 4.63. The molecule has 1 aromatic rings. The Labute approximate surface area is 113 Å². The fourth-order valence-corrected chi connectivity index (χ4v) is 2.33. The summed E-state index contributed by atoms with van der Waals surface area (Å²) in [6.07, 6.45) is 0.860. The second-order valence-electron chi connectivity index (χ2n) is 4.96. The average molecular weight is 271 g/mol. The van der Waals surface area contributed by atoms with E-state index >= 15 is 0 Å². The van der Waals surface area contributed by atoms with Gasteiger partial charge in [0.25, 0.3) is 0 Å². The molecule has 0 aromatic heterocycles. The van der Waals surface area contributed by atoms with Crippen LogP contribution in [0.3, 0.4) is 0 Å². The lowest BCUT2D eigenvalue weighted by Crippen LogP contribution is -2.22. The summed E-state index contributed by atoms with van der Waals surface area (Å²) in [7, 11) is 1.59. The molecule has 0 atom stereocenters. The second-order valence-corrected chi connectivity index (χ2v) is 5.37. The van der Waals surface area contributed by atoms with Crippen molar-refractivity contribution in [2.45, 2.75) is 39.0 Å². The third kappa shape index (κ3) is 3.16. The molecule has 0 radical (unpaired) electrons. The van der Waals surface area contributed by atoms with E-state index < -0.39 is 11.4 Å². The molecule has 0 spiro atoms. The number of aryl methyl sites for hydroxylation is 1. The largest absolute Gasteiger partial charge is 0.495 e. The smallest absolute Gasteiger partial charge is 0.304 e. The molecule has 0 saturated heterocycles. The third-order valence-corrected chi connectivity index (χ3v) is 3.36. The summed E-state index contributed by atoms with van der Waals surface area (Å²) < 4.78 is 5.27. The van der Waals surface area contributed by atoms with E-state index in [1.807, 2.05) is 26.8 Å². The Hall–Kier alpha value is -1.22. The molecule has 0 fully saturated rings. The minimum absolute atomic E-state index is 0.0683. The number of carbonyl (C=O) groups is 1. The maximum Gasteiger partial charge on any atom is 0.304 e. The predicted octanol–water partition coefficient (Wildman–Crippen LogP) is 3.66. The number of hydrogen-bond donors (Lipinski definition) is 1. The van der Waals surface area contributed by atoms with Gasteiger partial charge in [-0.15, -0.1) is 0 Å². The van der Waals surface area contributed by atoms with Gasteiger partial charge < -0.3 is 9.84 Å². The molecule has 3 nitrogen and oxygen atoms in total.